The third kappa shape index (κ3) is 3.75. The van der Waals surface area contributed by atoms with Crippen LogP contribution in [-0.4, -0.2) is 62.1 Å². The third-order valence-electron chi connectivity index (χ3n) is 4.53. The number of hydrogen-bond acceptors (Lipinski definition) is 5. The van der Waals surface area contributed by atoms with Gasteiger partial charge in [-0.25, -0.2) is 4.98 Å². The highest BCUT2D eigenvalue weighted by Crippen LogP contribution is 2.14. The van der Waals surface area contributed by atoms with Gasteiger partial charge in [-0.1, -0.05) is 6.07 Å². The number of likely N-dealkylation sites (N-methyl/N-ethyl adjacent to an activating group) is 1. The number of aromatic nitrogens is 1. The van der Waals surface area contributed by atoms with E-state index < -0.39 is 0 Å². The fourth-order valence-corrected chi connectivity index (χ4v) is 2.96. The zero-order valence-corrected chi connectivity index (χ0v) is 13.2. The van der Waals surface area contributed by atoms with Crippen LogP contribution in [0.5, 0.6) is 0 Å². The van der Waals surface area contributed by atoms with Gasteiger partial charge in [-0.15, -0.1) is 0 Å². The summed E-state index contributed by atoms with van der Waals surface area (Å²) in [4.78, 5) is 21.2. The van der Waals surface area contributed by atoms with Gasteiger partial charge in [-0.3, -0.25) is 4.79 Å². The van der Waals surface area contributed by atoms with Crippen LogP contribution in [0.25, 0.3) is 0 Å². The van der Waals surface area contributed by atoms with Crippen LogP contribution >= 0.6 is 0 Å². The Morgan fingerprint density at radius 3 is 2.82 bits per heavy atom. The molecular weight excluding hydrogens is 278 g/mol. The van der Waals surface area contributed by atoms with Crippen molar-refractivity contribution < 1.29 is 4.79 Å². The maximum atomic E-state index is 12.0. The van der Waals surface area contributed by atoms with Gasteiger partial charge in [0.25, 0.3) is 0 Å². The average Bonchev–Trinajstić information content (AvgIpc) is 3.08. The van der Waals surface area contributed by atoms with Crippen LogP contribution in [-0.2, 0) is 11.3 Å². The molecule has 1 atom stereocenters. The van der Waals surface area contributed by atoms with E-state index in [4.69, 9.17) is 0 Å². The molecule has 0 saturated carbocycles. The highest BCUT2D eigenvalue weighted by molar-refractivity contribution is 5.79. The average molecular weight is 303 g/mol. The van der Waals surface area contributed by atoms with E-state index in [-0.39, 0.29) is 11.8 Å². The Morgan fingerprint density at radius 2 is 2.18 bits per heavy atom. The molecule has 2 fully saturated rings. The summed E-state index contributed by atoms with van der Waals surface area (Å²) in [6.07, 6.45) is 2.81. The molecule has 0 aliphatic carbocycles. The van der Waals surface area contributed by atoms with E-state index >= 15 is 0 Å². The normalized spacial score (nSPS) is 22.8. The summed E-state index contributed by atoms with van der Waals surface area (Å²) in [5.41, 5.74) is 1.05. The number of carbonyl (C=O) groups excluding carboxylic acids is 1. The molecule has 6 heteroatoms. The lowest BCUT2D eigenvalue weighted by Gasteiger charge is -2.33. The van der Waals surface area contributed by atoms with Crippen molar-refractivity contribution in [3.63, 3.8) is 0 Å². The number of pyridine rings is 1. The number of rotatable bonds is 4. The minimum Gasteiger partial charge on any atom is -0.354 e. The first kappa shape index (κ1) is 15.2. The summed E-state index contributed by atoms with van der Waals surface area (Å²) >= 11 is 0. The molecule has 0 radical (unpaired) electrons. The van der Waals surface area contributed by atoms with Crippen LogP contribution in [0.4, 0.5) is 5.82 Å². The molecule has 0 bridgehead atoms. The van der Waals surface area contributed by atoms with Gasteiger partial charge in [0.05, 0.1) is 5.92 Å². The first-order valence-corrected chi connectivity index (χ1v) is 8.09. The van der Waals surface area contributed by atoms with Gasteiger partial charge < -0.3 is 20.4 Å². The molecule has 22 heavy (non-hydrogen) atoms. The molecule has 120 valence electrons. The van der Waals surface area contributed by atoms with Gasteiger partial charge in [0, 0.05) is 45.5 Å². The molecule has 2 aliphatic rings. The number of piperazine rings is 1. The Hall–Kier alpha value is -1.66. The van der Waals surface area contributed by atoms with Gasteiger partial charge in [0.1, 0.15) is 5.82 Å². The number of nitrogens with one attached hydrogen (secondary N) is 2. The molecule has 3 heterocycles. The van der Waals surface area contributed by atoms with E-state index in [1.54, 1.807) is 0 Å². The van der Waals surface area contributed by atoms with Crippen LogP contribution in [0.3, 0.4) is 0 Å². The maximum absolute atomic E-state index is 12.0. The molecule has 2 saturated heterocycles. The second-order valence-electron chi connectivity index (χ2n) is 6.22. The quantitative estimate of drug-likeness (QED) is 0.824. The van der Waals surface area contributed by atoms with E-state index in [9.17, 15) is 4.79 Å². The van der Waals surface area contributed by atoms with E-state index in [1.807, 2.05) is 6.20 Å². The summed E-state index contributed by atoms with van der Waals surface area (Å²) in [5.74, 6) is 1.30. The summed E-state index contributed by atoms with van der Waals surface area (Å²) in [5, 5.41) is 6.22. The van der Waals surface area contributed by atoms with E-state index in [1.165, 1.54) is 0 Å². The Morgan fingerprint density at radius 1 is 1.36 bits per heavy atom. The Kier molecular flexibility index (Phi) is 4.90. The highest BCUT2D eigenvalue weighted by Gasteiger charge is 2.21. The van der Waals surface area contributed by atoms with Crippen molar-refractivity contribution in [1.82, 2.24) is 20.5 Å². The summed E-state index contributed by atoms with van der Waals surface area (Å²) < 4.78 is 0. The Bertz CT molecular complexity index is 490. The first-order chi connectivity index (χ1) is 10.7. The predicted octanol–water partition coefficient (Wildman–Crippen LogP) is 0.0591. The van der Waals surface area contributed by atoms with Crippen LogP contribution in [0.2, 0.25) is 0 Å². The number of amides is 1. The van der Waals surface area contributed by atoms with Crippen molar-refractivity contribution >= 4 is 11.7 Å². The molecule has 1 aromatic rings. The van der Waals surface area contributed by atoms with Crippen molar-refractivity contribution in [2.45, 2.75) is 13.0 Å². The molecular formula is C16H25N5O. The smallest absolute Gasteiger partial charge is 0.224 e. The van der Waals surface area contributed by atoms with Gasteiger partial charge in [-0.05, 0) is 31.6 Å². The zero-order valence-electron chi connectivity index (χ0n) is 13.2. The zero-order chi connectivity index (χ0) is 15.4. The lowest BCUT2D eigenvalue weighted by molar-refractivity contribution is -0.124. The van der Waals surface area contributed by atoms with Crippen molar-refractivity contribution in [3.05, 3.63) is 23.9 Å². The molecule has 3 rings (SSSR count). The molecule has 6 nitrogen and oxygen atoms in total. The van der Waals surface area contributed by atoms with Gasteiger partial charge in [0.2, 0.25) is 5.91 Å². The number of anilines is 1. The standard InChI is InChI=1S/C16H25N5O/c1-20-6-8-21(9-7-20)15-3-2-13(10-18-15)11-19-16(22)14-4-5-17-12-14/h2-3,10,14,17H,4-9,11-12H2,1H3,(H,19,22). The van der Waals surface area contributed by atoms with Crippen molar-refractivity contribution in [2.24, 2.45) is 5.92 Å². The molecule has 2 aliphatic heterocycles. The largest absolute Gasteiger partial charge is 0.354 e. The minimum absolute atomic E-state index is 0.123. The molecule has 2 N–H and O–H groups in total. The van der Waals surface area contributed by atoms with Gasteiger partial charge in [0.15, 0.2) is 0 Å². The Labute approximate surface area is 131 Å². The van der Waals surface area contributed by atoms with Gasteiger partial charge in [-0.2, -0.15) is 0 Å². The SMILES string of the molecule is CN1CCN(c2ccc(CNC(=O)C3CCNC3)cn2)CC1. The molecule has 1 aromatic heterocycles. The van der Waals surface area contributed by atoms with E-state index in [0.717, 1.165) is 57.1 Å². The summed E-state index contributed by atoms with van der Waals surface area (Å²) in [6.45, 7) is 6.50. The van der Waals surface area contributed by atoms with E-state index in [2.05, 4.69) is 44.6 Å². The molecule has 0 spiro atoms. The maximum Gasteiger partial charge on any atom is 0.224 e. The van der Waals surface area contributed by atoms with Gasteiger partial charge >= 0.3 is 0 Å². The molecule has 1 unspecified atom stereocenters. The third-order valence-corrected chi connectivity index (χ3v) is 4.53. The second kappa shape index (κ2) is 7.07. The fraction of sp³-hybridized carbons (Fsp3) is 0.625. The van der Waals surface area contributed by atoms with Crippen LogP contribution < -0.4 is 15.5 Å². The fourth-order valence-electron chi connectivity index (χ4n) is 2.96. The molecule has 0 aromatic carbocycles. The lowest BCUT2D eigenvalue weighted by atomic mass is 10.1. The van der Waals surface area contributed by atoms with Crippen LogP contribution in [0.1, 0.15) is 12.0 Å². The van der Waals surface area contributed by atoms with Crippen molar-refractivity contribution in [1.29, 1.82) is 0 Å². The number of carbonyl (C=O) groups is 1. The summed E-state index contributed by atoms with van der Waals surface area (Å²) in [6, 6.07) is 4.12. The number of hydrogen-bond donors (Lipinski definition) is 2. The predicted molar refractivity (Wildman–Crippen MR) is 86.8 cm³/mol. The second-order valence-corrected chi connectivity index (χ2v) is 6.22. The monoisotopic (exact) mass is 303 g/mol. The lowest BCUT2D eigenvalue weighted by Crippen LogP contribution is -2.44. The van der Waals surface area contributed by atoms with Crippen LogP contribution in [0, 0.1) is 5.92 Å². The minimum atomic E-state index is 0.123. The summed E-state index contributed by atoms with van der Waals surface area (Å²) in [7, 11) is 2.15. The first-order valence-electron chi connectivity index (χ1n) is 8.09. The van der Waals surface area contributed by atoms with Crippen LogP contribution in [0.15, 0.2) is 18.3 Å². The van der Waals surface area contributed by atoms with E-state index in [0.29, 0.717) is 6.54 Å². The number of nitrogens with zero attached hydrogens (tertiary/aromatic N) is 3. The topological polar surface area (TPSA) is 60.5 Å². The highest BCUT2D eigenvalue weighted by atomic mass is 16.1. The Balaban J connectivity index is 1.50. The van der Waals surface area contributed by atoms with Crippen molar-refractivity contribution in [2.75, 3.05) is 51.2 Å². The van der Waals surface area contributed by atoms with Crippen molar-refractivity contribution in [3.8, 4) is 0 Å². The molecule has 1 amide bonds.